The van der Waals surface area contributed by atoms with Gasteiger partial charge in [-0.25, -0.2) is 4.79 Å². The Morgan fingerprint density at radius 1 is 1.21 bits per heavy atom. The van der Waals surface area contributed by atoms with Crippen LogP contribution in [0.4, 0.5) is 5.00 Å². The Bertz CT molecular complexity index is 873. The predicted molar refractivity (Wildman–Crippen MR) is 118 cm³/mol. The number of hydrogen-bond acceptors (Lipinski definition) is 4. The lowest BCUT2D eigenvalue weighted by Gasteiger charge is -2.29. The van der Waals surface area contributed by atoms with Gasteiger partial charge in [0.15, 0.2) is 6.54 Å². The van der Waals surface area contributed by atoms with Crippen LogP contribution < -0.4 is 10.2 Å². The highest BCUT2D eigenvalue weighted by Gasteiger charge is 2.28. The monoisotopic (exact) mass is 415 g/mol. The average Bonchev–Trinajstić information content (AvgIpc) is 3.00. The number of likely N-dealkylation sites (tertiary alicyclic amines) is 1. The molecule has 2 heterocycles. The van der Waals surface area contributed by atoms with Crippen LogP contribution in [-0.4, -0.2) is 37.6 Å². The number of quaternary nitrogens is 1. The fourth-order valence-electron chi connectivity index (χ4n) is 3.99. The molecule has 1 aromatic heterocycles. The number of nitrogens with one attached hydrogen (secondary N) is 2. The van der Waals surface area contributed by atoms with Gasteiger partial charge in [-0.15, -0.1) is 11.3 Å². The van der Waals surface area contributed by atoms with Crippen molar-refractivity contribution in [3.63, 3.8) is 0 Å². The molecular weight excluding hydrogens is 384 g/mol. The van der Waals surface area contributed by atoms with E-state index < -0.39 is 0 Å². The second kappa shape index (κ2) is 9.55. The molecule has 1 aromatic carbocycles. The first-order valence-electron chi connectivity index (χ1n) is 10.4. The van der Waals surface area contributed by atoms with E-state index in [-0.39, 0.29) is 11.9 Å². The summed E-state index contributed by atoms with van der Waals surface area (Å²) >= 11 is 1.44. The summed E-state index contributed by atoms with van der Waals surface area (Å²) in [5.74, 6) is -0.433. The number of hydrogen-bond donors (Lipinski definition) is 2. The molecule has 2 N–H and O–H groups in total. The van der Waals surface area contributed by atoms with Crippen LogP contribution in [0.25, 0.3) is 11.1 Å². The second-order valence-electron chi connectivity index (χ2n) is 7.85. The minimum Gasteiger partial charge on any atom is -0.462 e. The first-order chi connectivity index (χ1) is 13.9. The van der Waals surface area contributed by atoms with Gasteiger partial charge >= 0.3 is 5.97 Å². The highest BCUT2D eigenvalue weighted by molar-refractivity contribution is 7.17. The molecule has 2 aromatic rings. The van der Waals surface area contributed by atoms with Crippen molar-refractivity contribution in [3.05, 3.63) is 40.3 Å². The van der Waals surface area contributed by atoms with E-state index in [2.05, 4.69) is 12.2 Å². The molecule has 6 heteroatoms. The summed E-state index contributed by atoms with van der Waals surface area (Å²) in [6, 6.07) is 8.57. The molecule has 1 aliphatic heterocycles. The van der Waals surface area contributed by atoms with Gasteiger partial charge < -0.3 is 15.0 Å². The summed E-state index contributed by atoms with van der Waals surface area (Å²) in [4.78, 5) is 27.9. The van der Waals surface area contributed by atoms with Gasteiger partial charge in [0, 0.05) is 10.4 Å². The van der Waals surface area contributed by atoms with E-state index in [0.717, 1.165) is 41.0 Å². The van der Waals surface area contributed by atoms with Crippen LogP contribution >= 0.6 is 11.3 Å². The van der Waals surface area contributed by atoms with E-state index in [1.54, 1.807) is 6.92 Å². The standard InChI is InChI=1S/C23H30N2O3S/c1-5-28-23(27)21-20(18-11-9-15(2)10-12-18)17(4)29-22(21)24-19(26)14-25-13-7-6-8-16(25)3/h9-12,16H,5-8,13-14H2,1-4H3,(H,24,26)/p+1/t16-/m0/s1. The van der Waals surface area contributed by atoms with Crippen molar-refractivity contribution in [1.82, 2.24) is 0 Å². The maximum atomic E-state index is 12.8. The number of carbonyl (C=O) groups excluding carboxylic acids is 2. The maximum Gasteiger partial charge on any atom is 0.341 e. The third-order valence-electron chi connectivity index (χ3n) is 5.63. The Balaban J connectivity index is 1.89. The third kappa shape index (κ3) is 5.06. The molecule has 1 unspecified atom stereocenters. The Morgan fingerprint density at radius 3 is 2.59 bits per heavy atom. The SMILES string of the molecule is CCOC(=O)c1c(NC(=O)C[NH+]2CCCC[C@@H]2C)sc(C)c1-c1ccc(C)cc1. The van der Waals surface area contributed by atoms with Crippen LogP contribution in [0.5, 0.6) is 0 Å². The van der Waals surface area contributed by atoms with Crippen molar-refractivity contribution >= 4 is 28.2 Å². The number of thiophene rings is 1. The van der Waals surface area contributed by atoms with Crippen LogP contribution in [0.2, 0.25) is 0 Å². The fraction of sp³-hybridized carbons (Fsp3) is 0.478. The minimum atomic E-state index is -0.388. The number of aryl methyl sites for hydroxylation is 2. The summed E-state index contributed by atoms with van der Waals surface area (Å²) in [5.41, 5.74) is 3.44. The number of rotatable bonds is 6. The zero-order valence-corrected chi connectivity index (χ0v) is 18.6. The molecular formula is C23H31N2O3S+. The molecule has 0 radical (unpaired) electrons. The molecule has 1 aliphatic rings. The van der Waals surface area contributed by atoms with Crippen LogP contribution in [0.15, 0.2) is 24.3 Å². The van der Waals surface area contributed by atoms with Crippen LogP contribution in [0.1, 0.15) is 53.9 Å². The largest absolute Gasteiger partial charge is 0.462 e. The highest BCUT2D eigenvalue weighted by atomic mass is 32.1. The predicted octanol–water partition coefficient (Wildman–Crippen LogP) is 3.60. The smallest absolute Gasteiger partial charge is 0.341 e. The minimum absolute atomic E-state index is 0.0454. The summed E-state index contributed by atoms with van der Waals surface area (Å²) < 4.78 is 5.33. The summed E-state index contributed by atoms with van der Waals surface area (Å²) in [7, 11) is 0. The van der Waals surface area contributed by atoms with Crippen molar-refractivity contribution in [2.75, 3.05) is 25.0 Å². The van der Waals surface area contributed by atoms with E-state index in [9.17, 15) is 9.59 Å². The Hall–Kier alpha value is -2.18. The Morgan fingerprint density at radius 2 is 1.93 bits per heavy atom. The summed E-state index contributed by atoms with van der Waals surface area (Å²) in [5, 5.41) is 3.61. The van der Waals surface area contributed by atoms with E-state index in [1.807, 2.05) is 38.1 Å². The number of amides is 1. The summed E-state index contributed by atoms with van der Waals surface area (Å²) in [6.45, 7) is 9.77. The van der Waals surface area contributed by atoms with Gasteiger partial charge in [-0.2, -0.15) is 0 Å². The van der Waals surface area contributed by atoms with Crippen molar-refractivity contribution in [2.45, 2.75) is 53.0 Å². The molecule has 0 spiro atoms. The van der Waals surface area contributed by atoms with Gasteiger partial charge in [0.25, 0.3) is 5.91 Å². The van der Waals surface area contributed by atoms with E-state index >= 15 is 0 Å². The van der Waals surface area contributed by atoms with Gasteiger partial charge in [-0.1, -0.05) is 29.8 Å². The quantitative estimate of drug-likeness (QED) is 0.709. The molecule has 1 amide bonds. The molecule has 156 valence electrons. The Labute approximate surface area is 177 Å². The molecule has 1 fully saturated rings. The topological polar surface area (TPSA) is 59.8 Å². The van der Waals surface area contributed by atoms with Gasteiger partial charge in [0.05, 0.1) is 19.2 Å². The Kier molecular flexibility index (Phi) is 7.09. The van der Waals surface area contributed by atoms with Crippen molar-refractivity contribution < 1.29 is 19.2 Å². The summed E-state index contributed by atoms with van der Waals surface area (Å²) in [6.07, 6.45) is 3.56. The number of carbonyl (C=O) groups is 2. The molecule has 3 rings (SSSR count). The van der Waals surface area contributed by atoms with Crippen molar-refractivity contribution in [1.29, 1.82) is 0 Å². The number of piperidine rings is 1. The second-order valence-corrected chi connectivity index (χ2v) is 9.08. The van der Waals surface area contributed by atoms with Crippen LogP contribution in [0, 0.1) is 13.8 Å². The molecule has 0 saturated carbocycles. The number of esters is 1. The van der Waals surface area contributed by atoms with E-state index in [1.165, 1.54) is 22.7 Å². The zero-order chi connectivity index (χ0) is 21.0. The van der Waals surface area contributed by atoms with Crippen LogP contribution in [-0.2, 0) is 9.53 Å². The van der Waals surface area contributed by atoms with Gasteiger partial charge in [-0.3, -0.25) is 4.79 Å². The first kappa shape index (κ1) is 21.5. The number of benzene rings is 1. The van der Waals surface area contributed by atoms with Gasteiger partial charge in [0.1, 0.15) is 10.6 Å². The molecule has 1 saturated heterocycles. The zero-order valence-electron chi connectivity index (χ0n) is 17.8. The lowest BCUT2D eigenvalue weighted by molar-refractivity contribution is -0.920. The normalized spacial score (nSPS) is 19.0. The van der Waals surface area contributed by atoms with Crippen molar-refractivity contribution in [3.8, 4) is 11.1 Å². The lowest BCUT2D eigenvalue weighted by atomic mass is 10.0. The molecule has 5 nitrogen and oxygen atoms in total. The van der Waals surface area contributed by atoms with Crippen LogP contribution in [0.3, 0.4) is 0 Å². The first-order valence-corrected chi connectivity index (χ1v) is 11.2. The van der Waals surface area contributed by atoms with Gasteiger partial charge in [0.2, 0.25) is 0 Å². The highest BCUT2D eigenvalue weighted by Crippen LogP contribution is 2.40. The average molecular weight is 416 g/mol. The van der Waals surface area contributed by atoms with E-state index in [4.69, 9.17) is 4.74 Å². The van der Waals surface area contributed by atoms with Crippen molar-refractivity contribution in [2.24, 2.45) is 0 Å². The molecule has 0 bridgehead atoms. The fourth-order valence-corrected chi connectivity index (χ4v) is 5.07. The molecule has 2 atom stereocenters. The van der Waals surface area contributed by atoms with E-state index in [0.29, 0.717) is 29.8 Å². The molecule has 0 aliphatic carbocycles. The number of anilines is 1. The van der Waals surface area contributed by atoms with Gasteiger partial charge in [-0.05, 0) is 52.5 Å². The lowest BCUT2D eigenvalue weighted by Crippen LogP contribution is -3.17. The third-order valence-corrected chi connectivity index (χ3v) is 6.65. The maximum absolute atomic E-state index is 12.8. The molecule has 29 heavy (non-hydrogen) atoms. The number of ether oxygens (including phenoxy) is 1.